The summed E-state index contributed by atoms with van der Waals surface area (Å²) in [5.74, 6) is 0.716. The number of aryl methyl sites for hydroxylation is 1. The first-order valence-electron chi connectivity index (χ1n) is 9.02. The minimum Gasteiger partial charge on any atom is -0.370 e. The zero-order chi connectivity index (χ0) is 20.1. The summed E-state index contributed by atoms with van der Waals surface area (Å²) in [5, 5.41) is 4.37. The number of hydrogen-bond donors (Lipinski definition) is 1. The molecule has 1 saturated heterocycles. The van der Waals surface area contributed by atoms with Crippen molar-refractivity contribution in [2.75, 3.05) is 33.3 Å². The first kappa shape index (κ1) is 20.6. The van der Waals surface area contributed by atoms with Crippen LogP contribution in [0, 0.1) is 6.92 Å². The first-order valence-corrected chi connectivity index (χ1v) is 9.84. The molecule has 0 radical (unpaired) electrons. The number of nitrogens with one attached hydrogen (secondary N) is 1. The van der Waals surface area contributed by atoms with Crippen LogP contribution < -0.4 is 5.32 Å². The standard InChI is InChI=1S/C19H23F3N4OS/c1-13-11-25-17(28-13)6-7-24-18(23-2)26-8-9-27-16(12-26)14-4-3-5-15(10-14)19(20,21)22/h3-5,10-11,16H,6-9,12H2,1-2H3,(H,23,24). The molecule has 1 unspecified atom stereocenters. The van der Waals surface area contributed by atoms with Crippen molar-refractivity contribution in [3.05, 3.63) is 51.5 Å². The Morgan fingerprint density at radius 1 is 1.43 bits per heavy atom. The average Bonchev–Trinajstić information content (AvgIpc) is 3.10. The molecular weight excluding hydrogens is 389 g/mol. The number of aliphatic imine (C=N–C) groups is 1. The lowest BCUT2D eigenvalue weighted by molar-refractivity contribution is -0.137. The van der Waals surface area contributed by atoms with E-state index in [4.69, 9.17) is 4.74 Å². The molecule has 9 heteroatoms. The average molecular weight is 412 g/mol. The summed E-state index contributed by atoms with van der Waals surface area (Å²) in [6.07, 6.45) is -2.15. The van der Waals surface area contributed by atoms with E-state index in [9.17, 15) is 13.2 Å². The molecule has 152 valence electrons. The van der Waals surface area contributed by atoms with Gasteiger partial charge in [-0.25, -0.2) is 4.98 Å². The number of benzene rings is 1. The summed E-state index contributed by atoms with van der Waals surface area (Å²) in [6.45, 7) is 4.20. The molecular formula is C19H23F3N4OS. The number of alkyl halides is 3. The number of nitrogens with zero attached hydrogens (tertiary/aromatic N) is 3. The molecule has 1 aromatic heterocycles. The maximum Gasteiger partial charge on any atom is 0.416 e. The lowest BCUT2D eigenvalue weighted by Crippen LogP contribution is -2.48. The Morgan fingerprint density at radius 3 is 2.93 bits per heavy atom. The van der Waals surface area contributed by atoms with Gasteiger partial charge in [-0.1, -0.05) is 12.1 Å². The molecule has 1 atom stereocenters. The molecule has 2 heterocycles. The summed E-state index contributed by atoms with van der Waals surface area (Å²) in [6, 6.07) is 5.33. The van der Waals surface area contributed by atoms with Gasteiger partial charge in [-0.15, -0.1) is 11.3 Å². The van der Waals surface area contributed by atoms with Crippen molar-refractivity contribution >= 4 is 17.3 Å². The van der Waals surface area contributed by atoms with Crippen LogP contribution in [0.2, 0.25) is 0 Å². The van der Waals surface area contributed by atoms with Crippen molar-refractivity contribution in [3.8, 4) is 0 Å². The van der Waals surface area contributed by atoms with Crippen LogP contribution in [-0.4, -0.2) is 49.1 Å². The highest BCUT2D eigenvalue weighted by Gasteiger charge is 2.32. The highest BCUT2D eigenvalue weighted by molar-refractivity contribution is 7.11. The van der Waals surface area contributed by atoms with Gasteiger partial charge in [0, 0.05) is 37.6 Å². The summed E-state index contributed by atoms with van der Waals surface area (Å²) in [4.78, 5) is 11.8. The molecule has 1 N–H and O–H groups in total. The maximum absolute atomic E-state index is 13.0. The van der Waals surface area contributed by atoms with Gasteiger partial charge in [-0.3, -0.25) is 4.99 Å². The molecule has 0 spiro atoms. The van der Waals surface area contributed by atoms with Crippen molar-refractivity contribution < 1.29 is 17.9 Å². The molecule has 0 saturated carbocycles. The van der Waals surface area contributed by atoms with Gasteiger partial charge in [0.05, 0.1) is 23.7 Å². The van der Waals surface area contributed by atoms with Crippen LogP contribution in [0.25, 0.3) is 0 Å². The quantitative estimate of drug-likeness (QED) is 0.615. The van der Waals surface area contributed by atoms with Crippen molar-refractivity contribution in [1.29, 1.82) is 0 Å². The van der Waals surface area contributed by atoms with Crippen molar-refractivity contribution in [2.45, 2.75) is 25.6 Å². The van der Waals surface area contributed by atoms with Gasteiger partial charge in [0.25, 0.3) is 0 Å². The smallest absolute Gasteiger partial charge is 0.370 e. The van der Waals surface area contributed by atoms with Crippen LogP contribution in [0.3, 0.4) is 0 Å². The highest BCUT2D eigenvalue weighted by atomic mass is 32.1. The molecule has 0 aliphatic carbocycles. The number of thiazole rings is 1. The monoisotopic (exact) mass is 412 g/mol. The predicted octanol–water partition coefficient (Wildman–Crippen LogP) is 3.66. The number of hydrogen-bond acceptors (Lipinski definition) is 4. The number of halogens is 3. The second-order valence-corrected chi connectivity index (χ2v) is 7.84. The van der Waals surface area contributed by atoms with Gasteiger partial charge in [0.2, 0.25) is 0 Å². The molecule has 0 amide bonds. The number of rotatable bonds is 4. The zero-order valence-corrected chi connectivity index (χ0v) is 16.6. The molecule has 1 fully saturated rings. The summed E-state index contributed by atoms with van der Waals surface area (Å²) >= 11 is 1.67. The fraction of sp³-hybridized carbons (Fsp3) is 0.474. The Bertz CT molecular complexity index is 822. The molecule has 3 rings (SSSR count). The lowest BCUT2D eigenvalue weighted by Gasteiger charge is -2.35. The van der Waals surface area contributed by atoms with Crippen molar-refractivity contribution in [2.24, 2.45) is 4.99 Å². The van der Waals surface area contributed by atoms with Crippen LogP contribution >= 0.6 is 11.3 Å². The molecule has 28 heavy (non-hydrogen) atoms. The second-order valence-electron chi connectivity index (χ2n) is 6.52. The molecule has 1 aromatic carbocycles. The van der Waals surface area contributed by atoms with E-state index in [0.29, 0.717) is 37.8 Å². The van der Waals surface area contributed by atoms with Crippen LogP contribution in [0.1, 0.15) is 27.1 Å². The van der Waals surface area contributed by atoms with Gasteiger partial charge in [0.15, 0.2) is 5.96 Å². The third kappa shape index (κ3) is 5.23. The zero-order valence-electron chi connectivity index (χ0n) is 15.8. The normalized spacial score (nSPS) is 18.4. The number of morpholine rings is 1. The predicted molar refractivity (Wildman–Crippen MR) is 104 cm³/mol. The van der Waals surface area contributed by atoms with Gasteiger partial charge >= 0.3 is 6.18 Å². The molecule has 1 aliphatic rings. The second kappa shape index (κ2) is 8.91. The van der Waals surface area contributed by atoms with Crippen molar-refractivity contribution in [1.82, 2.24) is 15.2 Å². The van der Waals surface area contributed by atoms with E-state index >= 15 is 0 Å². The van der Waals surface area contributed by atoms with Gasteiger partial charge in [-0.2, -0.15) is 13.2 Å². The Kier molecular flexibility index (Phi) is 6.56. The van der Waals surface area contributed by atoms with Gasteiger partial charge in [0.1, 0.15) is 6.10 Å². The lowest BCUT2D eigenvalue weighted by atomic mass is 10.0. The highest BCUT2D eigenvalue weighted by Crippen LogP contribution is 2.32. The number of guanidine groups is 1. The largest absolute Gasteiger partial charge is 0.416 e. The van der Waals surface area contributed by atoms with Crippen molar-refractivity contribution in [3.63, 3.8) is 0 Å². The van der Waals surface area contributed by atoms with Crippen LogP contribution in [-0.2, 0) is 17.3 Å². The third-order valence-electron chi connectivity index (χ3n) is 4.45. The van der Waals surface area contributed by atoms with Gasteiger partial charge < -0.3 is 15.0 Å². The van der Waals surface area contributed by atoms with E-state index in [1.807, 2.05) is 18.0 Å². The minimum atomic E-state index is -4.36. The minimum absolute atomic E-state index is 0.424. The first-order chi connectivity index (χ1) is 13.4. The fourth-order valence-electron chi connectivity index (χ4n) is 3.09. The number of ether oxygens (including phenoxy) is 1. The van der Waals surface area contributed by atoms with Crippen LogP contribution in [0.5, 0.6) is 0 Å². The van der Waals surface area contributed by atoms with E-state index in [0.717, 1.165) is 23.6 Å². The van der Waals surface area contributed by atoms with E-state index in [1.54, 1.807) is 24.5 Å². The van der Waals surface area contributed by atoms with Gasteiger partial charge in [-0.05, 0) is 24.6 Å². The van der Waals surface area contributed by atoms with Crippen LogP contribution in [0.15, 0.2) is 35.5 Å². The number of aromatic nitrogens is 1. The Morgan fingerprint density at radius 2 is 2.25 bits per heavy atom. The third-order valence-corrected chi connectivity index (χ3v) is 5.43. The fourth-order valence-corrected chi connectivity index (χ4v) is 3.88. The molecule has 1 aliphatic heterocycles. The molecule has 2 aromatic rings. The summed E-state index contributed by atoms with van der Waals surface area (Å²) in [7, 11) is 1.70. The maximum atomic E-state index is 13.0. The van der Waals surface area contributed by atoms with E-state index in [1.165, 1.54) is 10.9 Å². The topological polar surface area (TPSA) is 49.8 Å². The summed E-state index contributed by atoms with van der Waals surface area (Å²) < 4.78 is 44.7. The van der Waals surface area contributed by atoms with Crippen LogP contribution in [0.4, 0.5) is 13.2 Å². The summed E-state index contributed by atoms with van der Waals surface area (Å²) in [5.41, 5.74) is -0.139. The van der Waals surface area contributed by atoms with E-state index < -0.39 is 17.8 Å². The Balaban J connectivity index is 1.61. The SMILES string of the molecule is CN=C(NCCc1ncc(C)s1)N1CCOC(c2cccc(C(F)(F)F)c2)C1. The Hall–Kier alpha value is -2.13. The molecule has 0 bridgehead atoms. The Labute approximate surface area is 166 Å². The van der Waals surface area contributed by atoms with E-state index in [-0.39, 0.29) is 0 Å². The van der Waals surface area contributed by atoms with E-state index in [2.05, 4.69) is 15.3 Å². The molecule has 5 nitrogen and oxygen atoms in total.